The minimum Gasteiger partial charge on any atom is -0.452 e. The molecule has 6 nitrogen and oxygen atoms in total. The van der Waals surface area contributed by atoms with Crippen molar-refractivity contribution in [2.24, 2.45) is 0 Å². The second-order valence-electron chi connectivity index (χ2n) is 8.24. The number of nitrogens with one attached hydrogen (secondary N) is 1. The Hall–Kier alpha value is -3.19. The van der Waals surface area contributed by atoms with Crippen molar-refractivity contribution in [1.29, 1.82) is 0 Å². The monoisotopic (exact) mass is 469 g/mol. The number of hydrogen-bond donors (Lipinski definition) is 1. The molecule has 0 fully saturated rings. The number of benzene rings is 2. The zero-order chi connectivity index (χ0) is 23.5. The average molecular weight is 470 g/mol. The molecule has 1 N–H and O–H groups in total. The van der Waals surface area contributed by atoms with Crippen molar-refractivity contribution in [1.82, 2.24) is 15.1 Å². The highest BCUT2D eigenvalue weighted by Gasteiger charge is 2.23. The number of hydrogen-bond acceptors (Lipinski definition) is 4. The Morgan fingerprint density at radius 3 is 2.58 bits per heavy atom. The van der Waals surface area contributed by atoms with Gasteiger partial charge in [-0.15, -0.1) is 0 Å². The quantitative estimate of drug-likeness (QED) is 0.522. The Labute approximate surface area is 196 Å². The van der Waals surface area contributed by atoms with Crippen LogP contribution in [0.2, 0.25) is 5.15 Å². The molecular weight excluding hydrogens is 445 g/mol. The van der Waals surface area contributed by atoms with Gasteiger partial charge in [0, 0.05) is 0 Å². The highest BCUT2D eigenvalue weighted by molar-refractivity contribution is 6.33. The predicted octanol–water partition coefficient (Wildman–Crippen LogP) is 4.89. The number of halogens is 2. The van der Waals surface area contributed by atoms with E-state index >= 15 is 0 Å². The fraction of sp³-hybridized carbons (Fsp3) is 0.320. The molecule has 3 aromatic rings. The molecule has 2 aromatic carbocycles. The molecule has 0 radical (unpaired) electrons. The minimum absolute atomic E-state index is 0.0342. The highest BCUT2D eigenvalue weighted by Crippen LogP contribution is 2.26. The van der Waals surface area contributed by atoms with Crippen LogP contribution in [0.1, 0.15) is 58.5 Å². The van der Waals surface area contributed by atoms with Crippen molar-refractivity contribution >= 4 is 23.5 Å². The van der Waals surface area contributed by atoms with E-state index in [0.29, 0.717) is 11.4 Å². The predicted molar refractivity (Wildman–Crippen MR) is 123 cm³/mol. The number of carbonyl (C=O) groups excluding carboxylic acids is 2. The van der Waals surface area contributed by atoms with Crippen LogP contribution >= 0.6 is 11.6 Å². The summed E-state index contributed by atoms with van der Waals surface area (Å²) in [5.41, 5.74) is 4.66. The Balaban J connectivity index is 1.38. The lowest BCUT2D eigenvalue weighted by Crippen LogP contribution is -2.31. The van der Waals surface area contributed by atoms with Crippen molar-refractivity contribution in [2.75, 3.05) is 6.61 Å². The molecule has 33 heavy (non-hydrogen) atoms. The molecule has 172 valence electrons. The number of fused-ring (bicyclic) bond motifs is 1. The maximum absolute atomic E-state index is 13.2. The van der Waals surface area contributed by atoms with E-state index in [0.717, 1.165) is 18.4 Å². The van der Waals surface area contributed by atoms with Crippen LogP contribution in [0.15, 0.2) is 42.5 Å². The Morgan fingerprint density at radius 1 is 1.15 bits per heavy atom. The summed E-state index contributed by atoms with van der Waals surface area (Å²) >= 11 is 6.34. The topological polar surface area (TPSA) is 73.2 Å². The van der Waals surface area contributed by atoms with Gasteiger partial charge in [0.15, 0.2) is 6.61 Å². The van der Waals surface area contributed by atoms with E-state index in [9.17, 15) is 14.0 Å². The molecule has 0 spiro atoms. The van der Waals surface area contributed by atoms with Gasteiger partial charge in [-0.3, -0.25) is 4.79 Å². The van der Waals surface area contributed by atoms with Gasteiger partial charge in [-0.25, -0.2) is 13.9 Å². The van der Waals surface area contributed by atoms with Crippen LogP contribution < -0.4 is 5.32 Å². The molecule has 1 heterocycles. The SMILES string of the molecule is Cc1nn(-c2ccc(F)cc2)c(Cl)c1C(=O)OCC(=O)N[C@H](C)c1ccc2c(c1)CCCC2. The number of aryl methyl sites for hydroxylation is 3. The number of amides is 1. The Kier molecular flexibility index (Phi) is 6.79. The largest absolute Gasteiger partial charge is 0.452 e. The molecule has 4 rings (SSSR count). The summed E-state index contributed by atoms with van der Waals surface area (Å²) in [6.45, 7) is 3.07. The standard InChI is InChI=1S/C25H25ClFN3O3/c1-15(18-8-7-17-5-3-4-6-19(17)13-18)28-22(31)14-33-25(32)23-16(2)29-30(24(23)26)21-11-9-20(27)10-12-21/h7-13,15H,3-6,14H2,1-2H3,(H,28,31)/t15-/m1/s1. The summed E-state index contributed by atoms with van der Waals surface area (Å²) in [6, 6.07) is 11.7. The van der Waals surface area contributed by atoms with Crippen LogP contribution in [0, 0.1) is 12.7 Å². The van der Waals surface area contributed by atoms with Gasteiger partial charge in [0.1, 0.15) is 16.5 Å². The highest BCUT2D eigenvalue weighted by atomic mass is 35.5. The number of aromatic nitrogens is 2. The second-order valence-corrected chi connectivity index (χ2v) is 8.60. The van der Waals surface area contributed by atoms with E-state index in [-0.39, 0.29) is 16.8 Å². The molecule has 0 aliphatic heterocycles. The van der Waals surface area contributed by atoms with E-state index in [4.69, 9.17) is 16.3 Å². The Morgan fingerprint density at radius 2 is 1.85 bits per heavy atom. The number of nitrogens with zero attached hydrogens (tertiary/aromatic N) is 2. The van der Waals surface area contributed by atoms with E-state index in [1.54, 1.807) is 6.92 Å². The molecule has 1 atom stereocenters. The lowest BCUT2D eigenvalue weighted by Gasteiger charge is -2.20. The third kappa shape index (κ3) is 5.09. The van der Waals surface area contributed by atoms with Crippen molar-refractivity contribution in [3.8, 4) is 5.69 Å². The summed E-state index contributed by atoms with van der Waals surface area (Å²) in [5, 5.41) is 7.15. The van der Waals surface area contributed by atoms with E-state index < -0.39 is 24.3 Å². The summed E-state index contributed by atoms with van der Waals surface area (Å²) in [4.78, 5) is 25.0. The second kappa shape index (κ2) is 9.75. The van der Waals surface area contributed by atoms with Gasteiger partial charge >= 0.3 is 5.97 Å². The molecule has 1 aliphatic rings. The van der Waals surface area contributed by atoms with Crippen LogP contribution in [0.3, 0.4) is 0 Å². The van der Waals surface area contributed by atoms with E-state index in [2.05, 4.69) is 22.5 Å². The normalized spacial score (nSPS) is 13.8. The van der Waals surface area contributed by atoms with E-state index in [1.165, 1.54) is 52.9 Å². The van der Waals surface area contributed by atoms with Crippen molar-refractivity contribution in [2.45, 2.75) is 45.6 Å². The summed E-state index contributed by atoms with van der Waals surface area (Å²) in [5.74, 6) is -1.55. The molecule has 1 amide bonds. The summed E-state index contributed by atoms with van der Waals surface area (Å²) in [6.07, 6.45) is 4.57. The molecular formula is C25H25ClFN3O3. The van der Waals surface area contributed by atoms with Crippen LogP contribution in [0.25, 0.3) is 5.69 Å². The molecule has 1 aliphatic carbocycles. The zero-order valence-electron chi connectivity index (χ0n) is 18.5. The maximum atomic E-state index is 13.2. The van der Waals surface area contributed by atoms with Crippen LogP contribution in [-0.4, -0.2) is 28.3 Å². The van der Waals surface area contributed by atoms with Crippen LogP contribution in [-0.2, 0) is 22.4 Å². The van der Waals surface area contributed by atoms with Gasteiger partial charge in [-0.1, -0.05) is 29.8 Å². The van der Waals surface area contributed by atoms with Gasteiger partial charge in [0.05, 0.1) is 17.4 Å². The van der Waals surface area contributed by atoms with Crippen molar-refractivity contribution in [3.63, 3.8) is 0 Å². The van der Waals surface area contributed by atoms with Crippen LogP contribution in [0.4, 0.5) is 4.39 Å². The Bertz CT molecular complexity index is 1190. The van der Waals surface area contributed by atoms with Gasteiger partial charge in [-0.2, -0.15) is 5.10 Å². The average Bonchev–Trinajstić information content (AvgIpc) is 3.11. The molecule has 0 unspecified atom stereocenters. The number of ether oxygens (including phenoxy) is 1. The number of esters is 1. The molecule has 0 bridgehead atoms. The fourth-order valence-corrected chi connectivity index (χ4v) is 4.43. The first-order valence-corrected chi connectivity index (χ1v) is 11.3. The molecule has 0 saturated carbocycles. The number of carbonyl (C=O) groups is 2. The first-order valence-electron chi connectivity index (χ1n) is 10.9. The zero-order valence-corrected chi connectivity index (χ0v) is 19.3. The van der Waals surface area contributed by atoms with E-state index in [1.807, 2.05) is 13.0 Å². The van der Waals surface area contributed by atoms with Crippen molar-refractivity contribution in [3.05, 3.63) is 81.4 Å². The number of rotatable bonds is 6. The molecule has 0 saturated heterocycles. The summed E-state index contributed by atoms with van der Waals surface area (Å²) < 4.78 is 19.7. The van der Waals surface area contributed by atoms with Gasteiger partial charge in [0.25, 0.3) is 5.91 Å². The first kappa shape index (κ1) is 23.0. The van der Waals surface area contributed by atoms with Gasteiger partial charge in [-0.05, 0) is 80.5 Å². The van der Waals surface area contributed by atoms with Crippen LogP contribution in [0.5, 0.6) is 0 Å². The van der Waals surface area contributed by atoms with Gasteiger partial charge in [0.2, 0.25) is 0 Å². The lowest BCUT2D eigenvalue weighted by molar-refractivity contribution is -0.124. The fourth-order valence-electron chi connectivity index (χ4n) is 4.08. The third-order valence-electron chi connectivity index (χ3n) is 5.86. The van der Waals surface area contributed by atoms with Crippen molar-refractivity contribution < 1.29 is 18.7 Å². The summed E-state index contributed by atoms with van der Waals surface area (Å²) in [7, 11) is 0. The minimum atomic E-state index is -0.748. The molecule has 1 aromatic heterocycles. The third-order valence-corrected chi connectivity index (χ3v) is 6.21. The first-order chi connectivity index (χ1) is 15.8. The lowest BCUT2D eigenvalue weighted by atomic mass is 9.89. The maximum Gasteiger partial charge on any atom is 0.343 e. The van der Waals surface area contributed by atoms with Gasteiger partial charge < -0.3 is 10.1 Å². The smallest absolute Gasteiger partial charge is 0.343 e. The molecule has 8 heteroatoms.